The molecule has 66 valence electrons. The van der Waals surface area contributed by atoms with Gasteiger partial charge in [-0.2, -0.15) is 8.78 Å². The van der Waals surface area contributed by atoms with E-state index in [-0.39, 0.29) is 5.69 Å². The van der Waals surface area contributed by atoms with Crippen molar-refractivity contribution in [3.05, 3.63) is 30.1 Å². The smallest absolute Gasteiger partial charge is 0.304 e. The van der Waals surface area contributed by atoms with Crippen molar-refractivity contribution in [2.45, 2.75) is 18.9 Å². The van der Waals surface area contributed by atoms with Crippen molar-refractivity contribution in [1.82, 2.24) is 4.98 Å². The van der Waals surface area contributed by atoms with Gasteiger partial charge in [-0.05, 0) is 19.1 Å². The van der Waals surface area contributed by atoms with Crippen LogP contribution in [0.15, 0.2) is 24.4 Å². The van der Waals surface area contributed by atoms with Crippen molar-refractivity contribution in [2.24, 2.45) is 5.73 Å². The van der Waals surface area contributed by atoms with Crippen LogP contribution in [0.5, 0.6) is 0 Å². The Kier molecular flexibility index (Phi) is 2.38. The summed E-state index contributed by atoms with van der Waals surface area (Å²) < 4.78 is 26.2. The molecule has 1 unspecified atom stereocenters. The fraction of sp³-hybridized carbons (Fsp3) is 0.375. The van der Waals surface area contributed by atoms with Crippen LogP contribution in [0, 0.1) is 0 Å². The molecule has 4 heteroatoms. The molecule has 0 aliphatic heterocycles. The zero-order valence-corrected chi connectivity index (χ0v) is 6.67. The Morgan fingerprint density at radius 3 is 2.58 bits per heavy atom. The average molecular weight is 172 g/mol. The van der Waals surface area contributed by atoms with Crippen LogP contribution in [0.3, 0.4) is 0 Å². The molecular formula is C8H10F2N2. The van der Waals surface area contributed by atoms with Gasteiger partial charge >= 0.3 is 5.92 Å². The second kappa shape index (κ2) is 3.15. The summed E-state index contributed by atoms with van der Waals surface area (Å²) >= 11 is 0. The molecular weight excluding hydrogens is 162 g/mol. The maximum atomic E-state index is 13.1. The van der Waals surface area contributed by atoms with Gasteiger partial charge in [0.05, 0.1) is 6.04 Å². The number of pyridine rings is 1. The second-order valence-corrected chi connectivity index (χ2v) is 2.63. The number of aromatic nitrogens is 1. The number of nitrogens with two attached hydrogens (primary N) is 1. The molecule has 2 N–H and O–H groups in total. The van der Waals surface area contributed by atoms with Crippen molar-refractivity contribution in [1.29, 1.82) is 0 Å². The Labute approximate surface area is 69.4 Å². The van der Waals surface area contributed by atoms with E-state index in [1.165, 1.54) is 25.3 Å². The lowest BCUT2D eigenvalue weighted by atomic mass is 10.1. The van der Waals surface area contributed by atoms with E-state index in [1.54, 1.807) is 6.07 Å². The first-order chi connectivity index (χ1) is 5.55. The summed E-state index contributed by atoms with van der Waals surface area (Å²) in [5.74, 6) is -3.04. The third kappa shape index (κ3) is 1.58. The maximum Gasteiger partial charge on any atom is 0.304 e. The largest absolute Gasteiger partial charge is 0.323 e. The Hall–Kier alpha value is -1.03. The molecule has 12 heavy (non-hydrogen) atoms. The van der Waals surface area contributed by atoms with E-state index in [9.17, 15) is 8.78 Å². The molecule has 0 radical (unpaired) electrons. The molecule has 0 spiro atoms. The van der Waals surface area contributed by atoms with Gasteiger partial charge in [-0.3, -0.25) is 4.98 Å². The van der Waals surface area contributed by atoms with Crippen molar-refractivity contribution in [3.8, 4) is 0 Å². The Bertz CT molecular complexity index is 246. The van der Waals surface area contributed by atoms with Gasteiger partial charge in [-0.15, -0.1) is 0 Å². The highest BCUT2D eigenvalue weighted by Crippen LogP contribution is 2.28. The molecule has 1 atom stereocenters. The first-order valence-electron chi connectivity index (χ1n) is 3.60. The molecule has 0 bridgehead atoms. The van der Waals surface area contributed by atoms with E-state index < -0.39 is 12.0 Å². The number of nitrogens with zero attached hydrogens (tertiary/aromatic N) is 1. The monoisotopic (exact) mass is 172 g/mol. The molecule has 0 aliphatic rings. The van der Waals surface area contributed by atoms with Crippen LogP contribution in [-0.4, -0.2) is 11.0 Å². The molecule has 0 aliphatic carbocycles. The minimum absolute atomic E-state index is 0.278. The summed E-state index contributed by atoms with van der Waals surface area (Å²) in [6.07, 6.45) is 1.33. The van der Waals surface area contributed by atoms with E-state index in [4.69, 9.17) is 5.73 Å². The zero-order chi connectivity index (χ0) is 9.19. The van der Waals surface area contributed by atoms with Gasteiger partial charge in [0.25, 0.3) is 0 Å². The average Bonchev–Trinajstić information content (AvgIpc) is 2.06. The first-order valence-corrected chi connectivity index (χ1v) is 3.60. The van der Waals surface area contributed by atoms with E-state index in [1.807, 2.05) is 0 Å². The SMILES string of the molecule is CC(N)C(F)(F)c1ccccn1. The van der Waals surface area contributed by atoms with Crippen LogP contribution in [0.25, 0.3) is 0 Å². The fourth-order valence-corrected chi connectivity index (χ4v) is 0.793. The highest BCUT2D eigenvalue weighted by molar-refractivity contribution is 5.11. The summed E-state index contributed by atoms with van der Waals surface area (Å²) in [7, 11) is 0. The number of hydrogen-bond donors (Lipinski definition) is 1. The molecule has 0 fully saturated rings. The normalized spacial score (nSPS) is 14.3. The quantitative estimate of drug-likeness (QED) is 0.734. The first kappa shape index (κ1) is 9.06. The van der Waals surface area contributed by atoms with Gasteiger partial charge < -0.3 is 5.73 Å². The molecule has 1 heterocycles. The van der Waals surface area contributed by atoms with E-state index in [2.05, 4.69) is 4.98 Å². The minimum atomic E-state index is -3.04. The number of alkyl halides is 2. The number of rotatable bonds is 2. The van der Waals surface area contributed by atoms with Crippen LogP contribution in [-0.2, 0) is 5.92 Å². The highest BCUT2D eigenvalue weighted by atomic mass is 19.3. The van der Waals surface area contributed by atoms with Crippen LogP contribution in [0.2, 0.25) is 0 Å². The standard InChI is InChI=1S/C8H10F2N2/c1-6(11)8(9,10)7-4-2-3-5-12-7/h2-6H,11H2,1H3. The number of hydrogen-bond acceptors (Lipinski definition) is 2. The summed E-state index contributed by atoms with van der Waals surface area (Å²) in [5, 5.41) is 0. The minimum Gasteiger partial charge on any atom is -0.323 e. The van der Waals surface area contributed by atoms with Crippen molar-refractivity contribution < 1.29 is 8.78 Å². The van der Waals surface area contributed by atoms with Crippen LogP contribution in [0.1, 0.15) is 12.6 Å². The van der Waals surface area contributed by atoms with E-state index >= 15 is 0 Å². The van der Waals surface area contributed by atoms with Crippen molar-refractivity contribution in [2.75, 3.05) is 0 Å². The summed E-state index contributed by atoms with van der Waals surface area (Å²) in [6.45, 7) is 1.26. The van der Waals surface area contributed by atoms with Gasteiger partial charge in [-0.1, -0.05) is 6.07 Å². The zero-order valence-electron chi connectivity index (χ0n) is 6.67. The maximum absolute atomic E-state index is 13.1. The van der Waals surface area contributed by atoms with Gasteiger partial charge in [0.1, 0.15) is 5.69 Å². The Balaban J connectivity index is 2.98. The molecule has 0 amide bonds. The van der Waals surface area contributed by atoms with E-state index in [0.29, 0.717) is 0 Å². The molecule has 0 saturated carbocycles. The predicted molar refractivity (Wildman–Crippen MR) is 41.8 cm³/mol. The lowest BCUT2D eigenvalue weighted by molar-refractivity contribution is -0.0299. The van der Waals surface area contributed by atoms with Crippen LogP contribution < -0.4 is 5.73 Å². The van der Waals surface area contributed by atoms with Gasteiger partial charge in [0.2, 0.25) is 0 Å². The van der Waals surface area contributed by atoms with Gasteiger partial charge in [0, 0.05) is 6.20 Å². The summed E-state index contributed by atoms with van der Waals surface area (Å²) in [4.78, 5) is 3.54. The molecule has 1 rings (SSSR count). The van der Waals surface area contributed by atoms with E-state index in [0.717, 1.165) is 0 Å². The fourth-order valence-electron chi connectivity index (χ4n) is 0.793. The lowest BCUT2D eigenvalue weighted by Crippen LogP contribution is -2.36. The number of halogens is 2. The van der Waals surface area contributed by atoms with Gasteiger partial charge in [0.15, 0.2) is 0 Å². The Morgan fingerprint density at radius 1 is 1.50 bits per heavy atom. The van der Waals surface area contributed by atoms with Crippen LogP contribution in [0.4, 0.5) is 8.78 Å². The molecule has 1 aromatic heterocycles. The third-order valence-corrected chi connectivity index (χ3v) is 1.58. The highest BCUT2D eigenvalue weighted by Gasteiger charge is 2.37. The Morgan fingerprint density at radius 2 is 2.17 bits per heavy atom. The summed E-state index contributed by atoms with van der Waals surface area (Å²) in [5.41, 5.74) is 4.83. The molecule has 1 aromatic rings. The van der Waals surface area contributed by atoms with Gasteiger partial charge in [-0.25, -0.2) is 0 Å². The molecule has 2 nitrogen and oxygen atoms in total. The molecule has 0 saturated heterocycles. The lowest BCUT2D eigenvalue weighted by Gasteiger charge is -2.18. The van der Waals surface area contributed by atoms with Crippen molar-refractivity contribution in [3.63, 3.8) is 0 Å². The summed E-state index contributed by atoms with van der Waals surface area (Å²) in [6, 6.07) is 3.15. The molecule has 0 aromatic carbocycles. The second-order valence-electron chi connectivity index (χ2n) is 2.63. The third-order valence-electron chi connectivity index (χ3n) is 1.58. The van der Waals surface area contributed by atoms with Crippen molar-refractivity contribution >= 4 is 0 Å². The van der Waals surface area contributed by atoms with Crippen LogP contribution >= 0.6 is 0 Å². The topological polar surface area (TPSA) is 38.9 Å². The predicted octanol–water partition coefficient (Wildman–Crippen LogP) is 1.52.